The molecule has 0 atom stereocenters. The van der Waals surface area contributed by atoms with Crippen molar-refractivity contribution >= 4 is 28.6 Å². The maximum atomic E-state index is 15.3. The second kappa shape index (κ2) is 8.34. The highest BCUT2D eigenvalue weighted by Gasteiger charge is 2.53. The Hall–Kier alpha value is -1.02. The van der Waals surface area contributed by atoms with Crippen LogP contribution in [0.3, 0.4) is 0 Å². The quantitative estimate of drug-likeness (QED) is 0.326. The Kier molecular flexibility index (Phi) is 6.83. The van der Waals surface area contributed by atoms with E-state index in [0.29, 0.717) is 30.8 Å². The van der Waals surface area contributed by atoms with Gasteiger partial charge in [0, 0.05) is 0 Å². The zero-order valence-corrected chi connectivity index (χ0v) is 17.2. The lowest BCUT2D eigenvalue weighted by molar-refractivity contribution is 0.00578. The number of ether oxygens (including phenoxy) is 1. The van der Waals surface area contributed by atoms with Crippen LogP contribution in [0, 0.1) is 5.82 Å². The van der Waals surface area contributed by atoms with Gasteiger partial charge in [-0.15, -0.1) is 6.58 Å². The monoisotopic (exact) mass is 428 g/mol. The van der Waals surface area contributed by atoms with Gasteiger partial charge in [-0.2, -0.15) is 0 Å². The SMILES string of the molecule is C=CCOCCC(=C(F)B1OC(C)(C)C(C)(C)O1)c1ccc(F)c(Br)c1. The van der Waals surface area contributed by atoms with Crippen molar-refractivity contribution in [1.29, 1.82) is 0 Å². The third-order valence-electron chi connectivity index (χ3n) is 4.75. The van der Waals surface area contributed by atoms with Crippen molar-refractivity contribution in [3.8, 4) is 0 Å². The van der Waals surface area contributed by atoms with Gasteiger partial charge in [0.15, 0.2) is 0 Å². The standard InChI is InChI=1S/C19H24BBrF2O3/c1-6-10-24-11-9-14(13-7-8-16(22)15(21)12-13)17(23)20-25-18(2,3)19(4,5)26-20/h6-8,12H,1,9-11H2,2-5H3. The molecule has 1 aliphatic rings. The van der Waals surface area contributed by atoms with Crippen LogP contribution >= 0.6 is 15.9 Å². The fourth-order valence-electron chi connectivity index (χ4n) is 2.52. The summed E-state index contributed by atoms with van der Waals surface area (Å²) in [4.78, 5) is 0. The smallest absolute Gasteiger partial charge is 0.398 e. The lowest BCUT2D eigenvalue weighted by Crippen LogP contribution is -2.41. The van der Waals surface area contributed by atoms with E-state index >= 15 is 4.39 Å². The molecule has 0 aliphatic carbocycles. The predicted octanol–water partition coefficient (Wildman–Crippen LogP) is 5.49. The summed E-state index contributed by atoms with van der Waals surface area (Å²) in [6.45, 7) is 11.7. The Morgan fingerprint density at radius 1 is 1.27 bits per heavy atom. The van der Waals surface area contributed by atoms with Gasteiger partial charge in [0.05, 0.1) is 28.9 Å². The molecule has 1 aliphatic heterocycles. The maximum Gasteiger partial charge on any atom is 0.525 e. The first kappa shape index (κ1) is 21.3. The molecule has 2 rings (SSSR count). The van der Waals surface area contributed by atoms with Crippen molar-refractivity contribution in [2.24, 2.45) is 0 Å². The normalized spacial score (nSPS) is 19.4. The van der Waals surface area contributed by atoms with Crippen LogP contribution in [0.25, 0.3) is 5.57 Å². The average Bonchev–Trinajstić information content (AvgIpc) is 2.78. The molecule has 1 saturated heterocycles. The number of rotatable bonds is 7. The maximum absolute atomic E-state index is 15.3. The Bertz CT molecular complexity index is 688. The van der Waals surface area contributed by atoms with Crippen LogP contribution in [-0.2, 0) is 14.0 Å². The van der Waals surface area contributed by atoms with Crippen molar-refractivity contribution < 1.29 is 22.8 Å². The molecular weight excluding hydrogens is 405 g/mol. The van der Waals surface area contributed by atoms with Gasteiger partial charge in [-0.3, -0.25) is 0 Å². The van der Waals surface area contributed by atoms with Gasteiger partial charge < -0.3 is 14.0 Å². The van der Waals surface area contributed by atoms with E-state index < -0.39 is 29.9 Å². The van der Waals surface area contributed by atoms with Crippen LogP contribution in [0.4, 0.5) is 8.78 Å². The molecule has 3 nitrogen and oxygen atoms in total. The number of benzene rings is 1. The summed E-state index contributed by atoms with van der Waals surface area (Å²) in [6, 6.07) is 4.37. The zero-order valence-electron chi connectivity index (χ0n) is 15.6. The van der Waals surface area contributed by atoms with Crippen LogP contribution in [-0.4, -0.2) is 31.5 Å². The molecule has 0 amide bonds. The summed E-state index contributed by atoms with van der Waals surface area (Å²) in [5, 5.41) is 0. The molecule has 0 N–H and O–H groups in total. The molecular formula is C19H24BBrF2O3. The van der Waals surface area contributed by atoms with Crippen LogP contribution in [0.15, 0.2) is 41.1 Å². The van der Waals surface area contributed by atoms with Crippen molar-refractivity contribution in [2.75, 3.05) is 13.2 Å². The third kappa shape index (κ3) is 4.63. The summed E-state index contributed by atoms with van der Waals surface area (Å²) in [6.07, 6.45) is 1.92. The highest BCUT2D eigenvalue weighted by molar-refractivity contribution is 9.10. The van der Waals surface area contributed by atoms with Gasteiger partial charge in [-0.25, -0.2) is 8.78 Å². The van der Waals surface area contributed by atoms with E-state index in [1.165, 1.54) is 12.1 Å². The predicted molar refractivity (Wildman–Crippen MR) is 104 cm³/mol. The Morgan fingerprint density at radius 3 is 2.42 bits per heavy atom. The highest BCUT2D eigenvalue weighted by Crippen LogP contribution is 2.41. The molecule has 0 radical (unpaired) electrons. The van der Waals surface area contributed by atoms with E-state index in [0.717, 1.165) is 0 Å². The van der Waals surface area contributed by atoms with Gasteiger partial charge in [0.2, 0.25) is 0 Å². The van der Waals surface area contributed by atoms with E-state index in [2.05, 4.69) is 22.5 Å². The number of hydrogen-bond acceptors (Lipinski definition) is 3. The van der Waals surface area contributed by atoms with Gasteiger partial charge in [0.25, 0.3) is 0 Å². The van der Waals surface area contributed by atoms with E-state index in [1.54, 1.807) is 12.1 Å². The van der Waals surface area contributed by atoms with Crippen LogP contribution in [0.1, 0.15) is 39.7 Å². The summed E-state index contributed by atoms with van der Waals surface area (Å²) in [7, 11) is -1.11. The summed E-state index contributed by atoms with van der Waals surface area (Å²) < 4.78 is 46.2. The Balaban J connectivity index is 2.36. The molecule has 0 bridgehead atoms. The van der Waals surface area contributed by atoms with E-state index in [4.69, 9.17) is 14.0 Å². The van der Waals surface area contributed by atoms with Crippen molar-refractivity contribution in [3.05, 3.63) is 52.4 Å². The van der Waals surface area contributed by atoms with Gasteiger partial charge >= 0.3 is 7.12 Å². The second-order valence-corrected chi connectivity index (χ2v) is 8.01. The molecule has 0 unspecified atom stereocenters. The topological polar surface area (TPSA) is 27.7 Å². The van der Waals surface area contributed by atoms with Crippen molar-refractivity contribution in [2.45, 2.75) is 45.3 Å². The number of halogens is 3. The highest BCUT2D eigenvalue weighted by atomic mass is 79.9. The van der Waals surface area contributed by atoms with Gasteiger partial charge in [-0.1, -0.05) is 12.1 Å². The molecule has 1 fully saturated rings. The molecule has 26 heavy (non-hydrogen) atoms. The van der Waals surface area contributed by atoms with E-state index in [-0.39, 0.29) is 4.47 Å². The van der Waals surface area contributed by atoms with Gasteiger partial charge in [-0.05, 0) is 73.3 Å². The Morgan fingerprint density at radius 2 is 1.88 bits per heavy atom. The summed E-state index contributed by atoms with van der Waals surface area (Å²) in [5.74, 6) is -0.410. The minimum atomic E-state index is -1.11. The lowest BCUT2D eigenvalue weighted by atomic mass is 9.82. The number of hydrogen-bond donors (Lipinski definition) is 0. The largest absolute Gasteiger partial charge is 0.525 e. The zero-order chi connectivity index (χ0) is 19.5. The molecule has 0 aromatic heterocycles. The van der Waals surface area contributed by atoms with Crippen molar-refractivity contribution in [3.63, 3.8) is 0 Å². The van der Waals surface area contributed by atoms with Crippen LogP contribution in [0.5, 0.6) is 0 Å². The van der Waals surface area contributed by atoms with E-state index in [9.17, 15) is 4.39 Å². The summed E-state index contributed by atoms with van der Waals surface area (Å²) in [5.41, 5.74) is -0.906. The third-order valence-corrected chi connectivity index (χ3v) is 5.36. The van der Waals surface area contributed by atoms with Crippen molar-refractivity contribution in [1.82, 2.24) is 0 Å². The minimum Gasteiger partial charge on any atom is -0.398 e. The fraction of sp³-hybridized carbons (Fsp3) is 0.474. The molecule has 7 heteroatoms. The molecule has 1 heterocycles. The second-order valence-electron chi connectivity index (χ2n) is 7.16. The minimum absolute atomic E-state index is 0.265. The van der Waals surface area contributed by atoms with Crippen LogP contribution < -0.4 is 0 Å². The van der Waals surface area contributed by atoms with Crippen LogP contribution in [0.2, 0.25) is 0 Å². The Labute approximate surface area is 162 Å². The molecule has 0 spiro atoms. The lowest BCUT2D eigenvalue weighted by Gasteiger charge is -2.32. The molecule has 1 aromatic carbocycles. The molecule has 0 saturated carbocycles. The first-order chi connectivity index (χ1) is 12.1. The fourth-order valence-corrected chi connectivity index (χ4v) is 2.89. The summed E-state index contributed by atoms with van der Waals surface area (Å²) >= 11 is 3.15. The van der Waals surface area contributed by atoms with Gasteiger partial charge in [0.1, 0.15) is 11.5 Å². The molecule has 142 valence electrons. The molecule has 1 aromatic rings. The average molecular weight is 429 g/mol. The van der Waals surface area contributed by atoms with E-state index in [1.807, 2.05) is 27.7 Å². The first-order valence-electron chi connectivity index (χ1n) is 8.47. The first-order valence-corrected chi connectivity index (χ1v) is 9.26.